The van der Waals surface area contributed by atoms with E-state index in [2.05, 4.69) is 0 Å². The Morgan fingerprint density at radius 1 is 1.07 bits per heavy atom. The molecule has 29 heavy (non-hydrogen) atoms. The number of aliphatic hydroxyl groups is 1. The van der Waals surface area contributed by atoms with Crippen LogP contribution in [0.25, 0.3) is 0 Å². The Hall–Kier alpha value is -2.18. The van der Waals surface area contributed by atoms with Gasteiger partial charge >= 0.3 is 0 Å². The molecule has 0 bridgehead atoms. The second-order valence-electron chi connectivity index (χ2n) is 8.30. The van der Waals surface area contributed by atoms with Crippen LogP contribution < -0.4 is 0 Å². The number of sulfone groups is 1. The molecule has 1 saturated carbocycles. The van der Waals surface area contributed by atoms with Gasteiger partial charge in [-0.1, -0.05) is 49.2 Å². The molecule has 0 spiro atoms. The van der Waals surface area contributed by atoms with Crippen LogP contribution in [0.4, 0.5) is 0 Å². The van der Waals surface area contributed by atoms with Gasteiger partial charge in [-0.25, -0.2) is 8.42 Å². The number of nitrogens with zero attached hydrogens (tertiary/aromatic N) is 1. The molecule has 0 aromatic heterocycles. The molecule has 2 aliphatic rings. The van der Waals surface area contributed by atoms with Gasteiger partial charge in [-0.15, -0.1) is 0 Å². The van der Waals surface area contributed by atoms with Crippen LogP contribution in [-0.2, 0) is 15.4 Å². The summed E-state index contributed by atoms with van der Waals surface area (Å²) in [6.07, 6.45) is 5.44. The summed E-state index contributed by atoms with van der Waals surface area (Å²) in [6.45, 7) is 0.453. The molecule has 2 aromatic carbocycles. The van der Waals surface area contributed by atoms with E-state index in [4.69, 9.17) is 0 Å². The first-order valence-corrected chi connectivity index (χ1v) is 12.1. The highest BCUT2D eigenvalue weighted by molar-refractivity contribution is 7.90. The van der Waals surface area contributed by atoms with E-state index in [0.29, 0.717) is 18.5 Å². The van der Waals surface area contributed by atoms with Gasteiger partial charge in [0.05, 0.1) is 10.5 Å². The Bertz CT molecular complexity index is 1000. The number of amides is 1. The van der Waals surface area contributed by atoms with Crippen LogP contribution in [0.3, 0.4) is 0 Å². The van der Waals surface area contributed by atoms with Gasteiger partial charge in [-0.2, -0.15) is 0 Å². The van der Waals surface area contributed by atoms with Crippen LogP contribution in [0.2, 0.25) is 0 Å². The molecule has 1 saturated heterocycles. The summed E-state index contributed by atoms with van der Waals surface area (Å²) in [5.41, 5.74) is 0.378. The maximum atomic E-state index is 13.3. The quantitative estimate of drug-likeness (QED) is 0.837. The first kappa shape index (κ1) is 20.1. The molecule has 1 amide bonds. The number of hydrogen-bond acceptors (Lipinski definition) is 4. The van der Waals surface area contributed by atoms with Crippen LogP contribution >= 0.6 is 0 Å². The average molecular weight is 414 g/mol. The summed E-state index contributed by atoms with van der Waals surface area (Å²) in [6, 6.07) is 16.0. The highest BCUT2D eigenvalue weighted by Gasteiger charge is 2.50. The lowest BCUT2D eigenvalue weighted by atomic mass is 9.66. The molecule has 5 nitrogen and oxygen atoms in total. The first-order chi connectivity index (χ1) is 13.8. The van der Waals surface area contributed by atoms with Crippen molar-refractivity contribution in [2.24, 2.45) is 5.92 Å². The van der Waals surface area contributed by atoms with E-state index in [0.717, 1.165) is 37.5 Å². The Morgan fingerprint density at radius 2 is 1.79 bits per heavy atom. The van der Waals surface area contributed by atoms with E-state index in [1.165, 1.54) is 12.1 Å². The van der Waals surface area contributed by atoms with Crippen LogP contribution in [0.5, 0.6) is 0 Å². The van der Waals surface area contributed by atoms with Crippen molar-refractivity contribution in [1.29, 1.82) is 0 Å². The number of fused-ring (bicyclic) bond motifs is 1. The molecule has 4 rings (SSSR count). The zero-order valence-electron chi connectivity index (χ0n) is 16.6. The lowest BCUT2D eigenvalue weighted by Gasteiger charge is -2.52. The van der Waals surface area contributed by atoms with Gasteiger partial charge in [0.2, 0.25) is 0 Å². The maximum absolute atomic E-state index is 13.3. The van der Waals surface area contributed by atoms with Crippen molar-refractivity contribution in [2.75, 3.05) is 12.8 Å². The molecule has 6 heteroatoms. The largest absolute Gasteiger partial charge is 0.385 e. The molecular weight excluding hydrogens is 386 g/mol. The highest BCUT2D eigenvalue weighted by atomic mass is 32.2. The number of rotatable bonds is 3. The lowest BCUT2D eigenvalue weighted by Crippen LogP contribution is -2.59. The molecule has 1 aliphatic carbocycles. The molecule has 0 unspecified atom stereocenters. The Morgan fingerprint density at radius 3 is 2.52 bits per heavy atom. The lowest BCUT2D eigenvalue weighted by molar-refractivity contribution is -0.110. The summed E-state index contributed by atoms with van der Waals surface area (Å²) >= 11 is 0. The minimum Gasteiger partial charge on any atom is -0.385 e. The zero-order chi connectivity index (χ0) is 20.6. The zero-order valence-corrected chi connectivity index (χ0v) is 17.4. The van der Waals surface area contributed by atoms with Crippen LogP contribution in [0.1, 0.15) is 48.0 Å². The standard InChI is InChI=1S/C23H27NO4S/c1-29(27,28)19-11-7-8-17(16-19)22(25)24-15-14-23(26,18-9-3-2-4-10-18)20-12-5-6-13-21(20)24/h2-4,7-11,16,20-21,26H,5-6,12-15H2,1H3/t20-,21+,23+/m0/s1. The van der Waals surface area contributed by atoms with Crippen molar-refractivity contribution in [3.8, 4) is 0 Å². The number of carbonyl (C=O) groups excluding carboxylic acids is 1. The topological polar surface area (TPSA) is 74.7 Å². The monoisotopic (exact) mass is 413 g/mol. The highest BCUT2D eigenvalue weighted by Crippen LogP contribution is 2.47. The molecule has 1 N–H and O–H groups in total. The molecule has 2 aromatic rings. The normalized spacial score (nSPS) is 27.3. The number of carbonyl (C=O) groups is 1. The van der Waals surface area contributed by atoms with Crippen LogP contribution in [0, 0.1) is 5.92 Å². The Balaban J connectivity index is 1.66. The predicted molar refractivity (Wildman–Crippen MR) is 111 cm³/mol. The van der Waals surface area contributed by atoms with Gasteiger partial charge in [0, 0.05) is 30.3 Å². The van der Waals surface area contributed by atoms with E-state index in [-0.39, 0.29) is 22.8 Å². The molecule has 2 fully saturated rings. The Kier molecular flexibility index (Phi) is 5.25. The summed E-state index contributed by atoms with van der Waals surface area (Å²) < 4.78 is 23.8. The van der Waals surface area contributed by atoms with Crippen molar-refractivity contribution in [2.45, 2.75) is 48.6 Å². The molecule has 3 atom stereocenters. The van der Waals surface area contributed by atoms with Crippen molar-refractivity contribution < 1.29 is 18.3 Å². The average Bonchev–Trinajstić information content (AvgIpc) is 2.74. The molecule has 1 heterocycles. The fourth-order valence-corrected chi connectivity index (χ4v) is 5.71. The predicted octanol–water partition coefficient (Wildman–Crippen LogP) is 3.38. The molecule has 1 aliphatic heterocycles. The minimum absolute atomic E-state index is 0.0190. The minimum atomic E-state index is -3.38. The van der Waals surface area contributed by atoms with E-state index in [9.17, 15) is 18.3 Å². The van der Waals surface area contributed by atoms with Crippen molar-refractivity contribution >= 4 is 15.7 Å². The van der Waals surface area contributed by atoms with Gasteiger partial charge in [0.15, 0.2) is 9.84 Å². The SMILES string of the molecule is CS(=O)(=O)c1cccc(C(=O)N2CC[C@@](O)(c3ccccc3)[C@H]3CCCC[C@H]32)c1. The fraction of sp³-hybridized carbons (Fsp3) is 0.435. The second-order valence-corrected chi connectivity index (χ2v) is 10.3. The van der Waals surface area contributed by atoms with E-state index in [1.54, 1.807) is 12.1 Å². The number of benzene rings is 2. The van der Waals surface area contributed by atoms with E-state index < -0.39 is 15.4 Å². The van der Waals surface area contributed by atoms with Crippen LogP contribution in [-0.4, -0.2) is 43.2 Å². The summed E-state index contributed by atoms with van der Waals surface area (Å²) in [4.78, 5) is 15.3. The molecule has 0 radical (unpaired) electrons. The number of hydrogen-bond donors (Lipinski definition) is 1. The fourth-order valence-electron chi connectivity index (χ4n) is 5.05. The summed E-state index contributed by atoms with van der Waals surface area (Å²) in [5.74, 6) is -0.169. The van der Waals surface area contributed by atoms with Gasteiger partial charge < -0.3 is 10.0 Å². The van der Waals surface area contributed by atoms with Gasteiger partial charge in [0.25, 0.3) is 5.91 Å². The van der Waals surface area contributed by atoms with Gasteiger partial charge in [-0.05, 0) is 43.0 Å². The Labute approximate surface area is 172 Å². The van der Waals surface area contributed by atoms with Crippen molar-refractivity contribution in [3.63, 3.8) is 0 Å². The summed E-state index contributed by atoms with van der Waals surface area (Å²) in [5, 5.41) is 11.6. The number of likely N-dealkylation sites (tertiary alicyclic amines) is 1. The molecular formula is C23H27NO4S. The third-order valence-corrected chi connectivity index (χ3v) is 7.63. The smallest absolute Gasteiger partial charge is 0.254 e. The van der Waals surface area contributed by atoms with Gasteiger partial charge in [0.1, 0.15) is 0 Å². The first-order valence-electron chi connectivity index (χ1n) is 10.2. The van der Waals surface area contributed by atoms with Crippen molar-refractivity contribution in [3.05, 3.63) is 65.7 Å². The van der Waals surface area contributed by atoms with E-state index >= 15 is 0 Å². The summed E-state index contributed by atoms with van der Waals surface area (Å²) in [7, 11) is -3.38. The maximum Gasteiger partial charge on any atom is 0.254 e. The van der Waals surface area contributed by atoms with Crippen molar-refractivity contribution in [1.82, 2.24) is 4.90 Å². The molecule has 154 valence electrons. The van der Waals surface area contributed by atoms with Crippen LogP contribution in [0.15, 0.2) is 59.5 Å². The van der Waals surface area contributed by atoms with Gasteiger partial charge in [-0.3, -0.25) is 4.79 Å². The second kappa shape index (κ2) is 7.58. The number of piperidine rings is 1. The third kappa shape index (κ3) is 3.71. The third-order valence-electron chi connectivity index (χ3n) is 6.52. The van der Waals surface area contributed by atoms with E-state index in [1.807, 2.05) is 35.2 Å².